The third kappa shape index (κ3) is 4.69. The Bertz CT molecular complexity index is 756. The SMILES string of the molecule is CNc1ccc(C(=O)O[C@H](C)C(=O)N[C@@](C)(C#N)C(C)C)cc1[N+](=O)[O-]. The molecule has 0 heterocycles. The summed E-state index contributed by atoms with van der Waals surface area (Å²) in [5, 5.41) is 25.5. The van der Waals surface area contributed by atoms with Gasteiger partial charge in [-0.2, -0.15) is 5.26 Å². The molecule has 9 heteroatoms. The maximum atomic E-state index is 12.2. The molecule has 2 atom stereocenters. The number of nitrogens with one attached hydrogen (secondary N) is 2. The zero-order valence-corrected chi connectivity index (χ0v) is 15.3. The molecule has 0 aliphatic heterocycles. The van der Waals surface area contributed by atoms with E-state index in [1.165, 1.54) is 26.1 Å². The molecule has 26 heavy (non-hydrogen) atoms. The zero-order chi connectivity index (χ0) is 20.1. The van der Waals surface area contributed by atoms with Crippen molar-refractivity contribution in [3.63, 3.8) is 0 Å². The Labute approximate surface area is 151 Å². The number of amides is 1. The molecule has 0 aromatic heterocycles. The molecule has 1 aromatic rings. The van der Waals surface area contributed by atoms with Gasteiger partial charge in [0.2, 0.25) is 0 Å². The maximum Gasteiger partial charge on any atom is 0.339 e. The number of hydrogen-bond acceptors (Lipinski definition) is 7. The average Bonchev–Trinajstić information content (AvgIpc) is 2.60. The van der Waals surface area contributed by atoms with E-state index in [4.69, 9.17) is 4.74 Å². The number of nitro benzene ring substituents is 1. The molecule has 1 rings (SSSR count). The van der Waals surface area contributed by atoms with Gasteiger partial charge < -0.3 is 15.4 Å². The highest BCUT2D eigenvalue weighted by atomic mass is 16.6. The molecule has 0 saturated heterocycles. The first-order valence-corrected chi connectivity index (χ1v) is 7.96. The van der Waals surface area contributed by atoms with E-state index in [9.17, 15) is 25.0 Å². The maximum absolute atomic E-state index is 12.2. The van der Waals surface area contributed by atoms with Gasteiger partial charge in [-0.05, 0) is 31.9 Å². The van der Waals surface area contributed by atoms with Crippen molar-refractivity contribution in [3.8, 4) is 6.07 Å². The number of carbonyl (C=O) groups excluding carboxylic acids is 2. The van der Waals surface area contributed by atoms with Crippen LogP contribution in [0.1, 0.15) is 38.1 Å². The van der Waals surface area contributed by atoms with Crippen LogP contribution in [-0.2, 0) is 9.53 Å². The van der Waals surface area contributed by atoms with Crippen molar-refractivity contribution in [2.24, 2.45) is 5.92 Å². The van der Waals surface area contributed by atoms with Crippen LogP contribution >= 0.6 is 0 Å². The standard InChI is InChI=1S/C17H22N4O5/c1-10(2)17(4,9-18)20-15(22)11(3)26-16(23)12-6-7-13(19-5)14(8-12)21(24)25/h6-8,10-11,19H,1-5H3,(H,20,22)/t11-,17+/m1/s1. The van der Waals surface area contributed by atoms with Gasteiger partial charge in [0.15, 0.2) is 6.10 Å². The van der Waals surface area contributed by atoms with Crippen molar-refractivity contribution in [2.45, 2.75) is 39.3 Å². The van der Waals surface area contributed by atoms with E-state index < -0.39 is 28.4 Å². The molecule has 0 spiro atoms. The fourth-order valence-electron chi connectivity index (χ4n) is 1.96. The lowest BCUT2D eigenvalue weighted by Gasteiger charge is -2.28. The number of nitriles is 1. The van der Waals surface area contributed by atoms with Crippen LogP contribution in [0.2, 0.25) is 0 Å². The Morgan fingerprint density at radius 3 is 2.42 bits per heavy atom. The number of ether oxygens (including phenoxy) is 1. The first kappa shape index (κ1) is 20.9. The summed E-state index contributed by atoms with van der Waals surface area (Å²) in [6, 6.07) is 5.84. The summed E-state index contributed by atoms with van der Waals surface area (Å²) in [5.41, 5.74) is -1.19. The quantitative estimate of drug-likeness (QED) is 0.431. The van der Waals surface area contributed by atoms with Gasteiger partial charge in [-0.3, -0.25) is 14.9 Å². The number of anilines is 1. The van der Waals surface area contributed by atoms with Crippen molar-refractivity contribution in [1.29, 1.82) is 5.26 Å². The number of nitrogens with zero attached hydrogens (tertiary/aromatic N) is 2. The lowest BCUT2D eigenvalue weighted by molar-refractivity contribution is -0.384. The average molecular weight is 362 g/mol. The number of nitro groups is 1. The van der Waals surface area contributed by atoms with E-state index in [1.54, 1.807) is 20.8 Å². The van der Waals surface area contributed by atoms with Crippen molar-refractivity contribution >= 4 is 23.3 Å². The third-order valence-electron chi connectivity index (χ3n) is 4.12. The van der Waals surface area contributed by atoms with E-state index >= 15 is 0 Å². The highest BCUT2D eigenvalue weighted by molar-refractivity contribution is 5.93. The predicted molar refractivity (Wildman–Crippen MR) is 94.5 cm³/mol. The molecular formula is C17H22N4O5. The van der Waals surface area contributed by atoms with Crippen molar-refractivity contribution < 1.29 is 19.2 Å². The number of rotatable bonds is 7. The summed E-state index contributed by atoms with van der Waals surface area (Å²) in [5.74, 6) is -1.66. The Hall–Kier alpha value is -3.15. The molecule has 1 aromatic carbocycles. The van der Waals surface area contributed by atoms with Crippen molar-refractivity contribution in [1.82, 2.24) is 5.32 Å². The number of benzene rings is 1. The Morgan fingerprint density at radius 1 is 1.35 bits per heavy atom. The first-order chi connectivity index (χ1) is 12.1. The molecule has 0 bridgehead atoms. The van der Waals surface area contributed by atoms with E-state index in [-0.39, 0.29) is 22.9 Å². The number of carbonyl (C=O) groups is 2. The third-order valence-corrected chi connectivity index (χ3v) is 4.12. The number of hydrogen-bond donors (Lipinski definition) is 2. The van der Waals surface area contributed by atoms with Gasteiger partial charge in [0.05, 0.1) is 16.6 Å². The summed E-state index contributed by atoms with van der Waals surface area (Å²) in [6.45, 7) is 6.50. The second-order valence-corrected chi connectivity index (χ2v) is 6.24. The fourth-order valence-corrected chi connectivity index (χ4v) is 1.96. The van der Waals surface area contributed by atoms with Gasteiger partial charge in [0.1, 0.15) is 11.2 Å². The summed E-state index contributed by atoms with van der Waals surface area (Å²) in [4.78, 5) is 34.8. The summed E-state index contributed by atoms with van der Waals surface area (Å²) >= 11 is 0. The molecule has 0 fully saturated rings. The Balaban J connectivity index is 2.91. The molecule has 0 radical (unpaired) electrons. The molecule has 0 saturated carbocycles. The molecule has 2 N–H and O–H groups in total. The Kier molecular flexibility index (Phi) is 6.66. The van der Waals surface area contributed by atoms with Crippen LogP contribution in [0.25, 0.3) is 0 Å². The van der Waals surface area contributed by atoms with Gasteiger partial charge in [-0.1, -0.05) is 13.8 Å². The topological polar surface area (TPSA) is 134 Å². The van der Waals surface area contributed by atoms with E-state index in [0.717, 1.165) is 6.07 Å². The normalized spacial score (nSPS) is 13.9. The van der Waals surface area contributed by atoms with Crippen molar-refractivity contribution in [3.05, 3.63) is 33.9 Å². The fraction of sp³-hybridized carbons (Fsp3) is 0.471. The van der Waals surface area contributed by atoms with Crippen LogP contribution < -0.4 is 10.6 Å². The van der Waals surface area contributed by atoms with Crippen molar-refractivity contribution in [2.75, 3.05) is 12.4 Å². The van der Waals surface area contributed by atoms with Crippen LogP contribution in [-0.4, -0.2) is 35.5 Å². The van der Waals surface area contributed by atoms with Crippen LogP contribution in [0.4, 0.5) is 11.4 Å². The van der Waals surface area contributed by atoms with Gasteiger partial charge in [0, 0.05) is 13.1 Å². The molecule has 1 amide bonds. The summed E-state index contributed by atoms with van der Waals surface area (Å²) < 4.78 is 5.07. The van der Waals surface area contributed by atoms with Crippen LogP contribution in [0, 0.1) is 27.4 Å². The van der Waals surface area contributed by atoms with Crippen LogP contribution in [0.15, 0.2) is 18.2 Å². The molecule has 9 nitrogen and oxygen atoms in total. The van der Waals surface area contributed by atoms with Gasteiger partial charge in [-0.25, -0.2) is 4.79 Å². The van der Waals surface area contributed by atoms with Gasteiger partial charge in [-0.15, -0.1) is 0 Å². The minimum atomic E-state index is -1.17. The molecule has 140 valence electrons. The minimum absolute atomic E-state index is 0.0535. The highest BCUT2D eigenvalue weighted by Gasteiger charge is 2.32. The van der Waals surface area contributed by atoms with Crippen LogP contribution in [0.5, 0.6) is 0 Å². The summed E-state index contributed by atoms with van der Waals surface area (Å²) in [7, 11) is 1.52. The lowest BCUT2D eigenvalue weighted by atomic mass is 9.90. The first-order valence-electron chi connectivity index (χ1n) is 7.96. The molecule has 0 aliphatic rings. The van der Waals surface area contributed by atoms with Gasteiger partial charge in [0.25, 0.3) is 11.6 Å². The minimum Gasteiger partial charge on any atom is -0.449 e. The predicted octanol–water partition coefficient (Wildman–Crippen LogP) is 2.24. The summed E-state index contributed by atoms with van der Waals surface area (Å²) in [6.07, 6.45) is -1.17. The number of esters is 1. The molecule has 0 aliphatic carbocycles. The largest absolute Gasteiger partial charge is 0.449 e. The molecular weight excluding hydrogens is 340 g/mol. The van der Waals surface area contributed by atoms with E-state index in [0.29, 0.717) is 0 Å². The van der Waals surface area contributed by atoms with E-state index in [1.807, 2.05) is 6.07 Å². The highest BCUT2D eigenvalue weighted by Crippen LogP contribution is 2.25. The zero-order valence-electron chi connectivity index (χ0n) is 15.3. The smallest absolute Gasteiger partial charge is 0.339 e. The Morgan fingerprint density at radius 2 is 1.96 bits per heavy atom. The monoisotopic (exact) mass is 362 g/mol. The van der Waals surface area contributed by atoms with E-state index in [2.05, 4.69) is 10.6 Å². The molecule has 0 unspecified atom stereocenters. The van der Waals surface area contributed by atoms with Gasteiger partial charge >= 0.3 is 5.97 Å². The lowest BCUT2D eigenvalue weighted by Crippen LogP contribution is -2.52. The van der Waals surface area contributed by atoms with Crippen LogP contribution in [0.3, 0.4) is 0 Å². The second kappa shape index (κ2) is 8.29. The second-order valence-electron chi connectivity index (χ2n) is 6.24.